The molecule has 0 saturated carbocycles. The Morgan fingerprint density at radius 2 is 1.76 bits per heavy atom. The van der Waals surface area contributed by atoms with Gasteiger partial charge in [-0.25, -0.2) is 21.1 Å². The summed E-state index contributed by atoms with van der Waals surface area (Å²) in [6.07, 6.45) is 1.85. The van der Waals surface area contributed by atoms with Gasteiger partial charge in [0.25, 0.3) is 0 Å². The van der Waals surface area contributed by atoms with Gasteiger partial charge in [0, 0.05) is 41.8 Å². The van der Waals surface area contributed by atoms with Crippen molar-refractivity contribution < 1.29 is 21.6 Å². The van der Waals surface area contributed by atoms with Crippen LogP contribution in [0.15, 0.2) is 42.5 Å². The summed E-state index contributed by atoms with van der Waals surface area (Å²) in [6, 6.07) is 11.2. The number of piperidine rings is 1. The highest BCUT2D eigenvalue weighted by atomic mass is 35.5. The minimum absolute atomic E-state index is 0.225. The fraction of sp³-hybridized carbons (Fsp3) is 0.381. The van der Waals surface area contributed by atoms with Crippen molar-refractivity contribution in [3.63, 3.8) is 0 Å². The fourth-order valence-electron chi connectivity index (χ4n) is 3.54. The summed E-state index contributed by atoms with van der Waals surface area (Å²) < 4.78 is 51.6. The number of hydrogen-bond donors (Lipinski definition) is 1. The molecular weight excluding hydrogens is 509 g/mol. The van der Waals surface area contributed by atoms with Gasteiger partial charge >= 0.3 is 0 Å². The summed E-state index contributed by atoms with van der Waals surface area (Å²) >= 11 is 12.0. The Morgan fingerprint density at radius 3 is 2.36 bits per heavy atom. The predicted molar refractivity (Wildman–Crippen MR) is 132 cm³/mol. The second-order valence-corrected chi connectivity index (χ2v) is 12.8. The lowest BCUT2D eigenvalue weighted by atomic mass is 9.97. The number of hydrogen-bond acceptors (Lipinski definition) is 5. The van der Waals surface area contributed by atoms with Crippen LogP contribution < -0.4 is 9.62 Å². The largest absolute Gasteiger partial charge is 0.326 e. The zero-order valence-electron chi connectivity index (χ0n) is 18.2. The lowest BCUT2D eigenvalue weighted by molar-refractivity contribution is -0.120. The highest BCUT2D eigenvalue weighted by molar-refractivity contribution is 7.92. The van der Waals surface area contributed by atoms with Gasteiger partial charge in [0.1, 0.15) is 0 Å². The van der Waals surface area contributed by atoms with Crippen molar-refractivity contribution in [2.45, 2.75) is 18.6 Å². The van der Waals surface area contributed by atoms with Crippen LogP contribution in [0.3, 0.4) is 0 Å². The molecule has 1 saturated heterocycles. The third-order valence-corrected chi connectivity index (χ3v) is 9.17. The van der Waals surface area contributed by atoms with E-state index in [0.717, 1.165) is 10.6 Å². The van der Waals surface area contributed by atoms with Crippen molar-refractivity contribution in [3.05, 3.63) is 58.1 Å². The van der Waals surface area contributed by atoms with Gasteiger partial charge in [0.05, 0.1) is 17.7 Å². The average Bonchev–Trinajstić information content (AvgIpc) is 2.75. The highest BCUT2D eigenvalue weighted by Gasteiger charge is 2.31. The Hall–Kier alpha value is -1.85. The second kappa shape index (κ2) is 10.2. The number of nitrogens with zero attached hydrogens (tertiary/aromatic N) is 2. The van der Waals surface area contributed by atoms with Crippen molar-refractivity contribution in [1.29, 1.82) is 0 Å². The molecule has 0 bridgehead atoms. The first-order valence-corrected chi connectivity index (χ1v) is 14.3. The van der Waals surface area contributed by atoms with Gasteiger partial charge in [-0.05, 0) is 48.7 Å². The maximum Gasteiger partial charge on any atom is 0.231 e. The van der Waals surface area contributed by atoms with Gasteiger partial charge in [0.15, 0.2) is 0 Å². The fourth-order valence-corrected chi connectivity index (χ4v) is 6.18. The minimum atomic E-state index is -3.60. The van der Waals surface area contributed by atoms with Crippen LogP contribution in [0.25, 0.3) is 0 Å². The van der Waals surface area contributed by atoms with Crippen molar-refractivity contribution in [3.8, 4) is 0 Å². The van der Waals surface area contributed by atoms with Gasteiger partial charge in [-0.1, -0.05) is 35.3 Å². The van der Waals surface area contributed by atoms with Gasteiger partial charge in [0.2, 0.25) is 26.0 Å². The quantitative estimate of drug-likeness (QED) is 0.585. The number of amides is 1. The number of rotatable bonds is 7. The SMILES string of the molecule is CN(c1cccc(NC(=O)C2CCN(S(=O)(=O)Cc3ccc(Cl)cc3Cl)CC2)c1)S(C)(=O)=O. The molecule has 1 heterocycles. The van der Waals surface area contributed by atoms with Crippen LogP contribution in [0.4, 0.5) is 11.4 Å². The van der Waals surface area contributed by atoms with Crippen LogP contribution in [-0.2, 0) is 30.6 Å². The number of carbonyl (C=O) groups excluding carboxylic acids is 1. The zero-order chi connectivity index (χ0) is 24.4. The number of nitrogens with one attached hydrogen (secondary N) is 1. The topological polar surface area (TPSA) is 104 Å². The number of benzene rings is 2. The molecule has 2 aromatic carbocycles. The first kappa shape index (κ1) is 25.8. The molecule has 0 radical (unpaired) electrons. The lowest BCUT2D eigenvalue weighted by Gasteiger charge is -2.30. The number of sulfonamides is 2. The number of anilines is 2. The molecule has 0 aromatic heterocycles. The molecule has 1 aliphatic rings. The molecule has 12 heteroatoms. The van der Waals surface area contributed by atoms with E-state index in [2.05, 4.69) is 5.32 Å². The molecule has 0 aliphatic carbocycles. The standard InChI is InChI=1S/C21H25Cl2N3O5S2/c1-25(32(2,28)29)19-5-3-4-18(13-19)24-21(27)15-8-10-26(11-9-15)33(30,31)14-16-6-7-17(22)12-20(16)23/h3-7,12-13,15H,8-11,14H2,1-2H3,(H,24,27). The van der Waals surface area contributed by atoms with Crippen LogP contribution in [0.5, 0.6) is 0 Å². The Labute approximate surface area is 204 Å². The van der Waals surface area contributed by atoms with Crippen molar-refractivity contribution in [2.24, 2.45) is 5.92 Å². The second-order valence-electron chi connectivity index (χ2n) is 7.94. The Balaban J connectivity index is 1.60. The first-order chi connectivity index (χ1) is 15.4. The number of halogens is 2. The van der Waals surface area contributed by atoms with E-state index in [9.17, 15) is 21.6 Å². The predicted octanol–water partition coefficient (Wildman–Crippen LogP) is 3.57. The van der Waals surface area contributed by atoms with E-state index in [1.807, 2.05) is 0 Å². The van der Waals surface area contributed by atoms with E-state index in [1.54, 1.807) is 36.4 Å². The van der Waals surface area contributed by atoms with E-state index in [1.165, 1.54) is 17.4 Å². The van der Waals surface area contributed by atoms with Gasteiger partial charge < -0.3 is 5.32 Å². The monoisotopic (exact) mass is 533 g/mol. The van der Waals surface area contributed by atoms with Crippen LogP contribution in [0, 0.1) is 5.92 Å². The van der Waals surface area contributed by atoms with Crippen molar-refractivity contribution >= 4 is 60.5 Å². The summed E-state index contributed by atoms with van der Waals surface area (Å²) in [5.74, 6) is -0.820. The van der Waals surface area contributed by atoms with Crippen LogP contribution in [-0.4, -0.2) is 53.4 Å². The molecular formula is C21H25Cl2N3O5S2. The summed E-state index contributed by atoms with van der Waals surface area (Å²) in [5.41, 5.74) is 1.37. The molecule has 2 aromatic rings. The molecule has 3 rings (SSSR count). The third-order valence-electron chi connectivity index (χ3n) is 5.55. The molecule has 0 spiro atoms. The minimum Gasteiger partial charge on any atom is -0.326 e. The van der Waals surface area contributed by atoms with E-state index in [-0.39, 0.29) is 30.7 Å². The molecule has 0 atom stereocenters. The van der Waals surface area contributed by atoms with E-state index in [4.69, 9.17) is 23.2 Å². The van der Waals surface area contributed by atoms with E-state index < -0.39 is 20.0 Å². The summed E-state index contributed by atoms with van der Waals surface area (Å²) in [5, 5.41) is 3.53. The van der Waals surface area contributed by atoms with E-state index >= 15 is 0 Å². The summed E-state index contributed by atoms with van der Waals surface area (Å²) in [4.78, 5) is 12.7. The van der Waals surface area contributed by atoms with Crippen LogP contribution in [0.1, 0.15) is 18.4 Å². The molecule has 1 aliphatic heterocycles. The molecule has 1 N–H and O–H groups in total. The molecule has 1 fully saturated rings. The summed E-state index contributed by atoms with van der Waals surface area (Å²) in [6.45, 7) is 0.449. The molecule has 1 amide bonds. The number of carbonyl (C=O) groups is 1. The highest BCUT2D eigenvalue weighted by Crippen LogP contribution is 2.27. The van der Waals surface area contributed by atoms with Crippen LogP contribution >= 0.6 is 23.2 Å². The van der Waals surface area contributed by atoms with Gasteiger partial charge in [-0.2, -0.15) is 0 Å². The van der Waals surface area contributed by atoms with Crippen LogP contribution in [0.2, 0.25) is 10.0 Å². The lowest BCUT2D eigenvalue weighted by Crippen LogP contribution is -2.41. The smallest absolute Gasteiger partial charge is 0.231 e. The molecule has 180 valence electrons. The first-order valence-electron chi connectivity index (χ1n) is 10.1. The Bertz CT molecular complexity index is 1240. The maximum absolute atomic E-state index is 12.8. The third kappa shape index (κ3) is 6.60. The van der Waals surface area contributed by atoms with Gasteiger partial charge in [-0.15, -0.1) is 0 Å². The van der Waals surface area contributed by atoms with E-state index in [0.29, 0.717) is 39.8 Å². The van der Waals surface area contributed by atoms with Crippen molar-refractivity contribution in [2.75, 3.05) is 36.0 Å². The summed E-state index contributed by atoms with van der Waals surface area (Å²) in [7, 11) is -5.59. The molecule has 8 nitrogen and oxygen atoms in total. The van der Waals surface area contributed by atoms with Crippen molar-refractivity contribution in [1.82, 2.24) is 4.31 Å². The van der Waals surface area contributed by atoms with Gasteiger partial charge in [-0.3, -0.25) is 9.10 Å². The average molecular weight is 534 g/mol. The molecule has 33 heavy (non-hydrogen) atoms. The molecule has 0 unspecified atom stereocenters. The normalized spacial score (nSPS) is 15.9. The zero-order valence-corrected chi connectivity index (χ0v) is 21.3. The maximum atomic E-state index is 12.8. The Kier molecular flexibility index (Phi) is 7.95. The Morgan fingerprint density at radius 1 is 1.09 bits per heavy atom.